The van der Waals surface area contributed by atoms with Crippen LogP contribution in [0.4, 0.5) is 10.5 Å². The highest BCUT2D eigenvalue weighted by atomic mass is 35.5. The number of aliphatic hydroxyl groups excluding tert-OH is 1. The summed E-state index contributed by atoms with van der Waals surface area (Å²) in [5.41, 5.74) is 0.450. The number of aliphatic hydroxyl groups is 1. The van der Waals surface area contributed by atoms with Crippen LogP contribution in [-0.4, -0.2) is 53.4 Å². The standard InChI is InChI=1S/C14H19ClN2O4/c1-2-7-16(8-9-18)14(21)17(10-13(19)20)12-5-3-11(15)4-6-12/h3-6,18H,2,7-10H2,1H3,(H,19,20). The first kappa shape index (κ1) is 17.3. The number of aliphatic carboxylic acids is 1. The number of urea groups is 1. The molecule has 0 unspecified atom stereocenters. The molecule has 0 radical (unpaired) electrons. The highest BCUT2D eigenvalue weighted by Gasteiger charge is 2.23. The number of carbonyl (C=O) groups excluding carboxylic acids is 1. The maximum Gasteiger partial charge on any atom is 0.325 e. The zero-order chi connectivity index (χ0) is 15.8. The zero-order valence-corrected chi connectivity index (χ0v) is 12.6. The highest BCUT2D eigenvalue weighted by molar-refractivity contribution is 6.30. The van der Waals surface area contributed by atoms with Gasteiger partial charge in [0.2, 0.25) is 0 Å². The van der Waals surface area contributed by atoms with Crippen LogP contribution < -0.4 is 4.90 Å². The van der Waals surface area contributed by atoms with Crippen LogP contribution >= 0.6 is 11.6 Å². The monoisotopic (exact) mass is 314 g/mol. The molecule has 1 rings (SSSR count). The number of benzene rings is 1. The molecule has 0 bridgehead atoms. The van der Waals surface area contributed by atoms with E-state index in [1.807, 2.05) is 6.92 Å². The molecule has 7 heteroatoms. The molecule has 6 nitrogen and oxygen atoms in total. The molecule has 0 aromatic heterocycles. The van der Waals surface area contributed by atoms with Gasteiger partial charge in [0.1, 0.15) is 6.54 Å². The fraction of sp³-hybridized carbons (Fsp3) is 0.429. The summed E-state index contributed by atoms with van der Waals surface area (Å²) in [5.74, 6) is -1.11. The van der Waals surface area contributed by atoms with Crippen molar-refractivity contribution in [3.05, 3.63) is 29.3 Å². The van der Waals surface area contributed by atoms with E-state index >= 15 is 0 Å². The van der Waals surface area contributed by atoms with Gasteiger partial charge in [-0.15, -0.1) is 0 Å². The predicted molar refractivity (Wildman–Crippen MR) is 80.8 cm³/mol. The highest BCUT2D eigenvalue weighted by Crippen LogP contribution is 2.19. The van der Waals surface area contributed by atoms with Crippen LogP contribution in [0.1, 0.15) is 13.3 Å². The number of hydrogen-bond donors (Lipinski definition) is 2. The lowest BCUT2D eigenvalue weighted by Gasteiger charge is -2.29. The number of halogens is 1. The van der Waals surface area contributed by atoms with Crippen LogP contribution in [0.25, 0.3) is 0 Å². The molecule has 0 atom stereocenters. The molecule has 1 aromatic rings. The Bertz CT molecular complexity index is 472. The summed E-state index contributed by atoms with van der Waals surface area (Å²) in [6.07, 6.45) is 0.716. The number of amides is 2. The van der Waals surface area contributed by atoms with E-state index in [0.29, 0.717) is 23.7 Å². The summed E-state index contributed by atoms with van der Waals surface area (Å²) in [4.78, 5) is 26.1. The van der Waals surface area contributed by atoms with E-state index in [0.717, 1.165) is 4.90 Å². The minimum Gasteiger partial charge on any atom is -0.480 e. The van der Waals surface area contributed by atoms with Gasteiger partial charge in [-0.05, 0) is 30.7 Å². The maximum absolute atomic E-state index is 12.5. The van der Waals surface area contributed by atoms with Crippen molar-refractivity contribution in [3.8, 4) is 0 Å². The summed E-state index contributed by atoms with van der Waals surface area (Å²) in [5, 5.41) is 18.5. The van der Waals surface area contributed by atoms with Crippen molar-refractivity contribution in [2.24, 2.45) is 0 Å². The van der Waals surface area contributed by atoms with Crippen molar-refractivity contribution in [2.45, 2.75) is 13.3 Å². The lowest BCUT2D eigenvalue weighted by atomic mass is 10.3. The molecular formula is C14H19ClN2O4. The van der Waals surface area contributed by atoms with Crippen molar-refractivity contribution < 1.29 is 19.8 Å². The van der Waals surface area contributed by atoms with Gasteiger partial charge in [0, 0.05) is 23.8 Å². The van der Waals surface area contributed by atoms with Gasteiger partial charge in [-0.3, -0.25) is 9.69 Å². The van der Waals surface area contributed by atoms with E-state index in [2.05, 4.69) is 0 Å². The second-order valence-corrected chi connectivity index (χ2v) is 4.89. The van der Waals surface area contributed by atoms with E-state index in [1.165, 1.54) is 4.90 Å². The Hall–Kier alpha value is -1.79. The Morgan fingerprint density at radius 2 is 1.81 bits per heavy atom. The summed E-state index contributed by atoms with van der Waals surface area (Å²) in [7, 11) is 0. The summed E-state index contributed by atoms with van der Waals surface area (Å²) < 4.78 is 0. The third-order valence-corrected chi connectivity index (χ3v) is 3.05. The number of carboxylic acids is 1. The van der Waals surface area contributed by atoms with E-state index in [4.69, 9.17) is 21.8 Å². The minimum absolute atomic E-state index is 0.163. The average Bonchev–Trinajstić information content (AvgIpc) is 2.45. The van der Waals surface area contributed by atoms with Crippen molar-refractivity contribution in [2.75, 3.05) is 31.1 Å². The number of hydrogen-bond acceptors (Lipinski definition) is 3. The first-order valence-corrected chi connectivity index (χ1v) is 7.02. The fourth-order valence-corrected chi connectivity index (χ4v) is 2.02. The van der Waals surface area contributed by atoms with Crippen LogP contribution in [-0.2, 0) is 4.79 Å². The van der Waals surface area contributed by atoms with Crippen LogP contribution in [0.3, 0.4) is 0 Å². The lowest BCUT2D eigenvalue weighted by Crippen LogP contribution is -2.47. The van der Waals surface area contributed by atoms with Gasteiger partial charge in [0.25, 0.3) is 0 Å². The molecule has 0 fully saturated rings. The van der Waals surface area contributed by atoms with E-state index in [-0.39, 0.29) is 13.2 Å². The van der Waals surface area contributed by atoms with Crippen molar-refractivity contribution in [1.82, 2.24) is 4.90 Å². The molecule has 0 aliphatic carbocycles. The van der Waals surface area contributed by atoms with Gasteiger partial charge in [-0.1, -0.05) is 18.5 Å². The van der Waals surface area contributed by atoms with Gasteiger partial charge in [-0.25, -0.2) is 4.79 Å². The minimum atomic E-state index is -1.11. The van der Waals surface area contributed by atoms with Gasteiger partial charge in [0.05, 0.1) is 6.61 Å². The van der Waals surface area contributed by atoms with Crippen molar-refractivity contribution >= 4 is 29.3 Å². The fourth-order valence-electron chi connectivity index (χ4n) is 1.89. The molecule has 21 heavy (non-hydrogen) atoms. The largest absolute Gasteiger partial charge is 0.480 e. The molecule has 2 N–H and O–H groups in total. The first-order valence-electron chi connectivity index (χ1n) is 6.64. The molecule has 116 valence electrons. The average molecular weight is 315 g/mol. The summed E-state index contributed by atoms with van der Waals surface area (Å²) in [6, 6.07) is 5.92. The second kappa shape index (κ2) is 8.49. The SMILES string of the molecule is CCCN(CCO)C(=O)N(CC(=O)O)c1ccc(Cl)cc1. The Morgan fingerprint density at radius 3 is 2.29 bits per heavy atom. The molecule has 0 spiro atoms. The van der Waals surface area contributed by atoms with Crippen molar-refractivity contribution in [3.63, 3.8) is 0 Å². The molecule has 0 aliphatic heterocycles. The number of carboxylic acid groups (broad SMARTS) is 1. The van der Waals surface area contributed by atoms with E-state index in [1.54, 1.807) is 24.3 Å². The quantitative estimate of drug-likeness (QED) is 0.807. The summed E-state index contributed by atoms with van der Waals surface area (Å²) in [6.45, 7) is 1.89. The molecule has 0 saturated heterocycles. The molecule has 2 amide bonds. The molecule has 1 aromatic carbocycles. The van der Waals surface area contributed by atoms with Gasteiger partial charge >= 0.3 is 12.0 Å². The number of carbonyl (C=O) groups is 2. The Balaban J connectivity index is 3.02. The number of nitrogens with zero attached hydrogens (tertiary/aromatic N) is 2. The van der Waals surface area contributed by atoms with Crippen LogP contribution in [0, 0.1) is 0 Å². The summed E-state index contributed by atoms with van der Waals surface area (Å²) >= 11 is 5.80. The molecule has 0 saturated carbocycles. The Kier molecular flexibility index (Phi) is 6.98. The van der Waals surface area contributed by atoms with Gasteiger partial charge < -0.3 is 15.1 Å². The van der Waals surface area contributed by atoms with Crippen molar-refractivity contribution in [1.29, 1.82) is 0 Å². The predicted octanol–water partition coefficient (Wildman–Crippen LogP) is 2.06. The lowest BCUT2D eigenvalue weighted by molar-refractivity contribution is -0.135. The van der Waals surface area contributed by atoms with E-state index in [9.17, 15) is 9.59 Å². The third-order valence-electron chi connectivity index (χ3n) is 2.80. The third kappa shape index (κ3) is 5.24. The van der Waals surface area contributed by atoms with Gasteiger partial charge in [0.15, 0.2) is 0 Å². The Morgan fingerprint density at radius 1 is 1.19 bits per heavy atom. The van der Waals surface area contributed by atoms with Crippen LogP contribution in [0.15, 0.2) is 24.3 Å². The maximum atomic E-state index is 12.5. The topological polar surface area (TPSA) is 81.1 Å². The molecule has 0 heterocycles. The zero-order valence-electron chi connectivity index (χ0n) is 11.8. The molecule has 0 aliphatic rings. The van der Waals surface area contributed by atoms with Crippen LogP contribution in [0.2, 0.25) is 5.02 Å². The number of anilines is 1. The molecular weight excluding hydrogens is 296 g/mol. The normalized spacial score (nSPS) is 10.2. The smallest absolute Gasteiger partial charge is 0.325 e. The van der Waals surface area contributed by atoms with Crippen LogP contribution in [0.5, 0.6) is 0 Å². The number of rotatable bonds is 7. The van der Waals surface area contributed by atoms with Gasteiger partial charge in [-0.2, -0.15) is 0 Å². The van der Waals surface area contributed by atoms with E-state index < -0.39 is 18.5 Å². The Labute approximate surface area is 128 Å². The second-order valence-electron chi connectivity index (χ2n) is 4.45. The first-order chi connectivity index (χ1) is 9.99.